The summed E-state index contributed by atoms with van der Waals surface area (Å²) in [4.78, 5) is 2.26. The van der Waals surface area contributed by atoms with Gasteiger partial charge in [0.1, 0.15) is 0 Å². The van der Waals surface area contributed by atoms with E-state index in [1.54, 1.807) is 7.11 Å². The van der Waals surface area contributed by atoms with Crippen LogP contribution < -0.4 is 0 Å². The summed E-state index contributed by atoms with van der Waals surface area (Å²) in [7, 11) is 3.83. The highest BCUT2D eigenvalue weighted by Gasteiger charge is 2.26. The minimum Gasteiger partial charge on any atom is -0.383 e. The molecule has 2 rings (SSSR count). The molecule has 0 N–H and O–H groups in total. The first kappa shape index (κ1) is 16.0. The number of nitriles is 1. The van der Waals surface area contributed by atoms with Crippen LogP contribution in [0.15, 0.2) is 24.3 Å². The molecule has 4 heteroatoms. The van der Waals surface area contributed by atoms with Crippen LogP contribution in [0, 0.1) is 11.3 Å². The average molecular weight is 288 g/mol. The quantitative estimate of drug-likeness (QED) is 0.772. The molecule has 1 aliphatic heterocycles. The van der Waals surface area contributed by atoms with Crippen molar-refractivity contribution in [2.24, 2.45) is 0 Å². The molecule has 0 aromatic heterocycles. The highest BCUT2D eigenvalue weighted by Crippen LogP contribution is 2.23. The van der Waals surface area contributed by atoms with Crippen molar-refractivity contribution in [2.75, 3.05) is 33.9 Å². The smallest absolute Gasteiger partial charge is 0.0991 e. The van der Waals surface area contributed by atoms with Crippen molar-refractivity contribution in [1.29, 1.82) is 5.26 Å². The van der Waals surface area contributed by atoms with Crippen LogP contribution >= 0.6 is 0 Å². The van der Waals surface area contributed by atoms with E-state index in [-0.39, 0.29) is 6.10 Å². The Hall–Kier alpha value is -1.41. The third-order valence-electron chi connectivity index (χ3n) is 3.91. The maximum Gasteiger partial charge on any atom is 0.0991 e. The lowest BCUT2D eigenvalue weighted by molar-refractivity contribution is 0.0241. The maximum atomic E-state index is 8.94. The molecule has 0 bridgehead atoms. The Morgan fingerprint density at radius 2 is 2.19 bits per heavy atom. The molecule has 0 saturated carbocycles. The summed E-state index contributed by atoms with van der Waals surface area (Å²) in [6.45, 7) is 2.65. The van der Waals surface area contributed by atoms with Crippen molar-refractivity contribution in [3.8, 4) is 6.07 Å². The number of ether oxygens (including phenoxy) is 2. The highest BCUT2D eigenvalue weighted by molar-refractivity contribution is 5.33. The first-order chi connectivity index (χ1) is 10.2. The Morgan fingerprint density at radius 1 is 1.38 bits per heavy atom. The molecule has 0 radical (unpaired) electrons. The zero-order chi connectivity index (χ0) is 15.1. The Labute approximate surface area is 127 Å². The van der Waals surface area contributed by atoms with Gasteiger partial charge in [-0.2, -0.15) is 5.26 Å². The zero-order valence-corrected chi connectivity index (χ0v) is 12.9. The van der Waals surface area contributed by atoms with Gasteiger partial charge >= 0.3 is 0 Å². The molecule has 114 valence electrons. The SMILES string of the molecule is COCCN(C)C[C@H]1CC[C@@H](Cc2cccc(C#N)c2)O1. The summed E-state index contributed by atoms with van der Waals surface area (Å²) in [5.74, 6) is 0. The third-order valence-corrected chi connectivity index (χ3v) is 3.91. The van der Waals surface area contributed by atoms with Crippen molar-refractivity contribution >= 4 is 0 Å². The number of benzene rings is 1. The van der Waals surface area contributed by atoms with Crippen molar-refractivity contribution in [2.45, 2.75) is 31.5 Å². The molecule has 1 saturated heterocycles. The van der Waals surface area contributed by atoms with Crippen LogP contribution in [0.25, 0.3) is 0 Å². The number of hydrogen-bond donors (Lipinski definition) is 0. The predicted octanol–water partition coefficient (Wildman–Crippen LogP) is 2.23. The first-order valence-corrected chi connectivity index (χ1v) is 7.53. The minimum absolute atomic E-state index is 0.278. The van der Waals surface area contributed by atoms with E-state index >= 15 is 0 Å². The molecule has 4 nitrogen and oxygen atoms in total. The van der Waals surface area contributed by atoms with E-state index in [1.165, 1.54) is 5.56 Å². The standard InChI is InChI=1S/C17H24N2O2/c1-19(8-9-20-2)13-17-7-6-16(21-17)11-14-4-3-5-15(10-14)12-18/h3-5,10,16-17H,6-9,11,13H2,1-2H3/t16-,17+/m0/s1. The summed E-state index contributed by atoms with van der Waals surface area (Å²) in [6, 6.07) is 10.0. The molecule has 0 aliphatic carbocycles. The van der Waals surface area contributed by atoms with E-state index in [9.17, 15) is 0 Å². The molecule has 0 amide bonds. The number of nitrogens with zero attached hydrogens (tertiary/aromatic N) is 2. The van der Waals surface area contributed by atoms with Crippen LogP contribution in [0.4, 0.5) is 0 Å². The van der Waals surface area contributed by atoms with Crippen LogP contribution in [-0.4, -0.2) is 51.0 Å². The lowest BCUT2D eigenvalue weighted by atomic mass is 10.0. The van der Waals surface area contributed by atoms with E-state index in [0.29, 0.717) is 6.10 Å². The van der Waals surface area contributed by atoms with Gasteiger partial charge < -0.3 is 14.4 Å². The fourth-order valence-corrected chi connectivity index (χ4v) is 2.78. The lowest BCUT2D eigenvalue weighted by Crippen LogP contribution is -2.32. The van der Waals surface area contributed by atoms with E-state index in [4.69, 9.17) is 14.7 Å². The van der Waals surface area contributed by atoms with Gasteiger partial charge in [-0.25, -0.2) is 0 Å². The third kappa shape index (κ3) is 5.13. The van der Waals surface area contributed by atoms with Gasteiger partial charge in [0.25, 0.3) is 0 Å². The fraction of sp³-hybridized carbons (Fsp3) is 0.588. The molecule has 1 aromatic carbocycles. The molecule has 2 atom stereocenters. The van der Waals surface area contributed by atoms with E-state index in [1.807, 2.05) is 18.2 Å². The van der Waals surface area contributed by atoms with E-state index < -0.39 is 0 Å². The summed E-state index contributed by atoms with van der Waals surface area (Å²) in [6.07, 6.45) is 3.70. The minimum atomic E-state index is 0.278. The summed E-state index contributed by atoms with van der Waals surface area (Å²) in [5, 5.41) is 8.94. The number of hydrogen-bond acceptors (Lipinski definition) is 4. The van der Waals surface area contributed by atoms with Crippen LogP contribution in [0.1, 0.15) is 24.0 Å². The van der Waals surface area contributed by atoms with Gasteiger partial charge in [0.05, 0.1) is 30.4 Å². The monoisotopic (exact) mass is 288 g/mol. The van der Waals surface area contributed by atoms with Crippen LogP contribution in [0.5, 0.6) is 0 Å². The summed E-state index contributed by atoms with van der Waals surface area (Å²) >= 11 is 0. The maximum absolute atomic E-state index is 8.94. The molecule has 21 heavy (non-hydrogen) atoms. The second-order valence-corrected chi connectivity index (χ2v) is 5.73. The average Bonchev–Trinajstić information content (AvgIpc) is 2.92. The van der Waals surface area contributed by atoms with Gasteiger partial charge in [0.2, 0.25) is 0 Å². The second-order valence-electron chi connectivity index (χ2n) is 5.73. The summed E-state index contributed by atoms with van der Waals surface area (Å²) in [5.41, 5.74) is 1.91. The van der Waals surface area contributed by atoms with Gasteiger partial charge in [0, 0.05) is 20.2 Å². The normalized spacial score (nSPS) is 21.6. The highest BCUT2D eigenvalue weighted by atomic mass is 16.5. The first-order valence-electron chi connectivity index (χ1n) is 7.53. The topological polar surface area (TPSA) is 45.5 Å². The van der Waals surface area contributed by atoms with Crippen molar-refractivity contribution in [1.82, 2.24) is 4.90 Å². The molecule has 1 aromatic rings. The van der Waals surface area contributed by atoms with E-state index in [0.717, 1.165) is 44.5 Å². The number of methoxy groups -OCH3 is 1. The molecule has 1 heterocycles. The van der Waals surface area contributed by atoms with Gasteiger partial charge in [-0.15, -0.1) is 0 Å². The van der Waals surface area contributed by atoms with Crippen LogP contribution in [0.3, 0.4) is 0 Å². The van der Waals surface area contributed by atoms with Crippen molar-refractivity contribution in [3.05, 3.63) is 35.4 Å². The van der Waals surface area contributed by atoms with Crippen LogP contribution in [0.2, 0.25) is 0 Å². The zero-order valence-electron chi connectivity index (χ0n) is 12.9. The van der Waals surface area contributed by atoms with E-state index in [2.05, 4.69) is 24.1 Å². The Bertz CT molecular complexity index is 484. The largest absolute Gasteiger partial charge is 0.383 e. The van der Waals surface area contributed by atoms with Gasteiger partial charge in [0.15, 0.2) is 0 Å². The fourth-order valence-electron chi connectivity index (χ4n) is 2.78. The Balaban J connectivity index is 1.78. The molecular formula is C17H24N2O2. The number of likely N-dealkylation sites (N-methyl/N-ethyl adjacent to an activating group) is 1. The van der Waals surface area contributed by atoms with Crippen molar-refractivity contribution < 1.29 is 9.47 Å². The van der Waals surface area contributed by atoms with Gasteiger partial charge in [-0.1, -0.05) is 12.1 Å². The number of rotatable bonds is 7. The predicted molar refractivity (Wildman–Crippen MR) is 82.1 cm³/mol. The van der Waals surface area contributed by atoms with Gasteiger partial charge in [-0.05, 0) is 44.0 Å². The molecule has 0 unspecified atom stereocenters. The lowest BCUT2D eigenvalue weighted by Gasteiger charge is -2.21. The molecular weight excluding hydrogens is 264 g/mol. The molecule has 1 aliphatic rings. The molecule has 0 spiro atoms. The Kier molecular flexibility index (Phi) is 6.19. The van der Waals surface area contributed by atoms with Crippen LogP contribution in [-0.2, 0) is 15.9 Å². The van der Waals surface area contributed by atoms with Gasteiger partial charge in [-0.3, -0.25) is 0 Å². The molecule has 1 fully saturated rings. The summed E-state index contributed by atoms with van der Waals surface area (Å²) < 4.78 is 11.2. The second kappa shape index (κ2) is 8.14. The Morgan fingerprint density at radius 3 is 2.95 bits per heavy atom. The van der Waals surface area contributed by atoms with Crippen molar-refractivity contribution in [3.63, 3.8) is 0 Å².